The first-order chi connectivity index (χ1) is 9.08. The second kappa shape index (κ2) is 7.45. The summed E-state index contributed by atoms with van der Waals surface area (Å²) in [7, 11) is 2.88. The maximum atomic E-state index is 11.6. The summed E-state index contributed by atoms with van der Waals surface area (Å²) in [5.74, 6) is -1.20. The largest absolute Gasteiger partial charge is 0.354 e. The van der Waals surface area contributed by atoms with Crippen molar-refractivity contribution in [1.29, 1.82) is 0 Å². The highest BCUT2D eigenvalue weighted by Crippen LogP contribution is 2.08. The normalized spacial score (nSPS) is 10.3. The molecule has 0 fully saturated rings. The molecule has 0 aliphatic rings. The van der Waals surface area contributed by atoms with Crippen molar-refractivity contribution in [2.24, 2.45) is 0 Å². The number of nitrogens with zero attached hydrogens (tertiary/aromatic N) is 1. The smallest absolute Gasteiger partial charge is 0.314 e. The highest BCUT2D eigenvalue weighted by Gasteiger charge is 2.16. The van der Waals surface area contributed by atoms with Crippen molar-refractivity contribution in [2.45, 2.75) is 13.2 Å². The number of carbonyl (C=O) groups is 2. The zero-order chi connectivity index (χ0) is 14.3. The Bertz CT molecular complexity index is 446. The van der Waals surface area contributed by atoms with Crippen LogP contribution in [0.2, 0.25) is 0 Å². The lowest BCUT2D eigenvalue weighted by Gasteiger charge is -2.13. The summed E-state index contributed by atoms with van der Waals surface area (Å²) < 4.78 is 9.77. The molecule has 1 aromatic heterocycles. The molecule has 0 bridgehead atoms. The van der Waals surface area contributed by atoms with Gasteiger partial charge in [0.25, 0.3) is 0 Å². The number of anilines is 1. The molecule has 1 aromatic rings. The predicted octanol–water partition coefficient (Wildman–Crippen LogP) is 0.0636. The summed E-state index contributed by atoms with van der Waals surface area (Å²) in [4.78, 5) is 27.1. The molecule has 0 spiro atoms. The zero-order valence-electron chi connectivity index (χ0n) is 11.1. The zero-order valence-corrected chi connectivity index (χ0v) is 11.1. The standard InChI is InChI=1S/C12H17N3O4/c1-8-5-4-6-13-10(8)15-12(17)11(16)14-7-9(18-2)19-3/h4-6,9H,7H2,1-3H3,(H,14,16)(H,13,15,17). The Morgan fingerprint density at radius 2 is 2.00 bits per heavy atom. The average Bonchev–Trinajstić information content (AvgIpc) is 2.42. The molecule has 0 aliphatic carbocycles. The van der Waals surface area contributed by atoms with Crippen molar-refractivity contribution >= 4 is 17.6 Å². The van der Waals surface area contributed by atoms with Gasteiger partial charge >= 0.3 is 11.8 Å². The van der Waals surface area contributed by atoms with Crippen molar-refractivity contribution < 1.29 is 19.1 Å². The predicted molar refractivity (Wildman–Crippen MR) is 68.4 cm³/mol. The average molecular weight is 267 g/mol. The first-order valence-corrected chi connectivity index (χ1v) is 5.65. The van der Waals surface area contributed by atoms with Crippen LogP contribution in [0.1, 0.15) is 5.56 Å². The van der Waals surface area contributed by atoms with Crippen molar-refractivity contribution in [1.82, 2.24) is 10.3 Å². The number of amides is 2. The molecule has 7 nitrogen and oxygen atoms in total. The molecular formula is C12H17N3O4. The fourth-order valence-corrected chi connectivity index (χ4v) is 1.30. The third-order valence-electron chi connectivity index (χ3n) is 2.40. The molecule has 19 heavy (non-hydrogen) atoms. The summed E-state index contributed by atoms with van der Waals surface area (Å²) in [5, 5.41) is 4.82. The summed E-state index contributed by atoms with van der Waals surface area (Å²) >= 11 is 0. The lowest BCUT2D eigenvalue weighted by atomic mass is 10.3. The second-order valence-electron chi connectivity index (χ2n) is 3.73. The number of carbonyl (C=O) groups excluding carboxylic acids is 2. The van der Waals surface area contributed by atoms with Gasteiger partial charge in [-0.15, -0.1) is 0 Å². The SMILES string of the molecule is COC(CNC(=O)C(=O)Nc1ncccc1C)OC. The van der Waals surface area contributed by atoms with Gasteiger partial charge in [0.1, 0.15) is 5.82 Å². The van der Waals surface area contributed by atoms with E-state index in [1.807, 2.05) is 0 Å². The van der Waals surface area contributed by atoms with Gasteiger partial charge in [0.15, 0.2) is 6.29 Å². The van der Waals surface area contributed by atoms with Crippen molar-refractivity contribution in [3.05, 3.63) is 23.9 Å². The van der Waals surface area contributed by atoms with Gasteiger partial charge in [-0.1, -0.05) is 6.07 Å². The van der Waals surface area contributed by atoms with Gasteiger partial charge in [0, 0.05) is 20.4 Å². The molecular weight excluding hydrogens is 250 g/mol. The molecule has 2 N–H and O–H groups in total. The van der Waals surface area contributed by atoms with E-state index in [0.29, 0.717) is 5.82 Å². The minimum absolute atomic E-state index is 0.0838. The fourth-order valence-electron chi connectivity index (χ4n) is 1.30. The van der Waals surface area contributed by atoms with E-state index in [2.05, 4.69) is 15.6 Å². The maximum absolute atomic E-state index is 11.6. The molecule has 0 atom stereocenters. The molecule has 0 aliphatic heterocycles. The minimum atomic E-state index is -0.784. The quantitative estimate of drug-likeness (QED) is 0.582. The van der Waals surface area contributed by atoms with Crippen LogP contribution in [0.3, 0.4) is 0 Å². The van der Waals surface area contributed by atoms with Crippen LogP contribution in [-0.2, 0) is 19.1 Å². The van der Waals surface area contributed by atoms with E-state index in [9.17, 15) is 9.59 Å². The van der Waals surface area contributed by atoms with E-state index >= 15 is 0 Å². The third-order valence-corrected chi connectivity index (χ3v) is 2.40. The van der Waals surface area contributed by atoms with E-state index in [-0.39, 0.29) is 6.54 Å². The number of methoxy groups -OCH3 is 2. The minimum Gasteiger partial charge on any atom is -0.354 e. The first-order valence-electron chi connectivity index (χ1n) is 5.65. The molecule has 0 saturated heterocycles. The summed E-state index contributed by atoms with van der Waals surface area (Å²) in [6.45, 7) is 1.87. The van der Waals surface area contributed by atoms with Gasteiger partial charge in [-0.25, -0.2) is 4.98 Å². The van der Waals surface area contributed by atoms with E-state index in [1.165, 1.54) is 20.4 Å². The van der Waals surface area contributed by atoms with Gasteiger partial charge in [-0.2, -0.15) is 0 Å². The van der Waals surface area contributed by atoms with Crippen molar-refractivity contribution in [2.75, 3.05) is 26.1 Å². The summed E-state index contributed by atoms with van der Waals surface area (Å²) in [5.41, 5.74) is 0.773. The topological polar surface area (TPSA) is 89.5 Å². The van der Waals surface area contributed by atoms with Crippen LogP contribution in [0, 0.1) is 6.92 Å². The molecule has 2 amide bonds. The molecule has 1 rings (SSSR count). The number of hydrogen-bond donors (Lipinski definition) is 2. The number of aryl methyl sites for hydroxylation is 1. The van der Waals surface area contributed by atoms with Crippen LogP contribution in [0.5, 0.6) is 0 Å². The summed E-state index contributed by atoms with van der Waals surface area (Å²) in [6, 6.07) is 3.53. The number of aromatic nitrogens is 1. The third kappa shape index (κ3) is 4.65. The van der Waals surface area contributed by atoms with Crippen molar-refractivity contribution in [3.63, 3.8) is 0 Å². The molecule has 0 radical (unpaired) electrons. The number of ether oxygens (including phenoxy) is 2. The van der Waals surface area contributed by atoms with Crippen LogP contribution in [0.4, 0.5) is 5.82 Å². The number of rotatable bonds is 5. The van der Waals surface area contributed by atoms with E-state index < -0.39 is 18.1 Å². The van der Waals surface area contributed by atoms with Gasteiger partial charge in [0.05, 0.1) is 6.54 Å². The van der Waals surface area contributed by atoms with Crippen LogP contribution < -0.4 is 10.6 Å². The van der Waals surface area contributed by atoms with E-state index in [4.69, 9.17) is 9.47 Å². The van der Waals surface area contributed by atoms with Gasteiger partial charge in [0.2, 0.25) is 0 Å². The lowest BCUT2D eigenvalue weighted by Crippen LogP contribution is -2.40. The monoisotopic (exact) mass is 267 g/mol. The lowest BCUT2D eigenvalue weighted by molar-refractivity contribution is -0.139. The molecule has 7 heteroatoms. The molecule has 104 valence electrons. The maximum Gasteiger partial charge on any atom is 0.314 e. The Morgan fingerprint density at radius 3 is 2.58 bits per heavy atom. The molecule has 1 heterocycles. The van der Waals surface area contributed by atoms with Crippen LogP contribution >= 0.6 is 0 Å². The first kappa shape index (κ1) is 15.1. The fraction of sp³-hybridized carbons (Fsp3) is 0.417. The highest BCUT2D eigenvalue weighted by molar-refractivity contribution is 6.39. The van der Waals surface area contributed by atoms with Crippen molar-refractivity contribution in [3.8, 4) is 0 Å². The Labute approximate surface area is 111 Å². The van der Waals surface area contributed by atoms with E-state index in [0.717, 1.165) is 5.56 Å². The van der Waals surface area contributed by atoms with Gasteiger partial charge < -0.3 is 20.1 Å². The number of nitrogens with one attached hydrogen (secondary N) is 2. The Hall–Kier alpha value is -1.99. The molecule has 0 aromatic carbocycles. The van der Waals surface area contributed by atoms with Crippen LogP contribution in [0.15, 0.2) is 18.3 Å². The Balaban J connectivity index is 2.50. The molecule has 0 saturated carbocycles. The van der Waals surface area contributed by atoms with Crippen LogP contribution in [-0.4, -0.2) is 43.9 Å². The highest BCUT2D eigenvalue weighted by atomic mass is 16.7. The van der Waals surface area contributed by atoms with Gasteiger partial charge in [-0.3, -0.25) is 9.59 Å². The molecule has 0 unspecified atom stereocenters. The Morgan fingerprint density at radius 1 is 1.32 bits per heavy atom. The summed E-state index contributed by atoms with van der Waals surface area (Å²) in [6.07, 6.45) is 0.945. The van der Waals surface area contributed by atoms with Crippen LogP contribution in [0.25, 0.3) is 0 Å². The van der Waals surface area contributed by atoms with E-state index in [1.54, 1.807) is 19.1 Å². The second-order valence-corrected chi connectivity index (χ2v) is 3.73. The number of hydrogen-bond acceptors (Lipinski definition) is 5. The van der Waals surface area contributed by atoms with Gasteiger partial charge in [-0.05, 0) is 18.6 Å². The number of pyridine rings is 1. The Kier molecular flexibility index (Phi) is 5.91.